The van der Waals surface area contributed by atoms with Crippen LogP contribution in [-0.2, 0) is 16.0 Å². The van der Waals surface area contributed by atoms with E-state index in [4.69, 9.17) is 9.15 Å². The fourth-order valence-corrected chi connectivity index (χ4v) is 2.52. The summed E-state index contributed by atoms with van der Waals surface area (Å²) in [5.41, 5.74) is 1.46. The van der Waals surface area contributed by atoms with Crippen LogP contribution in [0.25, 0.3) is 11.5 Å². The molecule has 2 N–H and O–H groups in total. The fraction of sp³-hybridized carbons (Fsp3) is 0.412. The fourth-order valence-electron chi connectivity index (χ4n) is 2.52. The second-order valence-corrected chi connectivity index (χ2v) is 5.68. The maximum absolute atomic E-state index is 12.9. The third-order valence-corrected chi connectivity index (χ3v) is 3.78. The average Bonchev–Trinajstić information content (AvgIpc) is 3.05. The van der Waals surface area contributed by atoms with Crippen molar-refractivity contribution in [1.82, 2.24) is 15.6 Å². The Morgan fingerprint density at radius 2 is 2.21 bits per heavy atom. The first-order chi connectivity index (χ1) is 11.7. The maximum Gasteiger partial charge on any atom is 0.226 e. The van der Waals surface area contributed by atoms with Gasteiger partial charge in [-0.25, -0.2) is 9.37 Å². The molecule has 1 aromatic carbocycles. The summed E-state index contributed by atoms with van der Waals surface area (Å²) in [5.74, 6) is 0.131. The molecule has 1 amide bonds. The van der Waals surface area contributed by atoms with Crippen molar-refractivity contribution < 1.29 is 18.3 Å². The first-order valence-electron chi connectivity index (χ1n) is 7.99. The van der Waals surface area contributed by atoms with Crippen molar-refractivity contribution >= 4 is 5.91 Å². The standard InChI is InChI=1S/C17H20FN3O3/c18-13-3-1-12(2-4-13)17-21-14(11-24-17)5-6-20-16(22)9-15-10-23-8-7-19-15/h1-4,11,15,19H,5-10H2,(H,20,22). The highest BCUT2D eigenvalue weighted by Gasteiger charge is 2.16. The summed E-state index contributed by atoms with van der Waals surface area (Å²) in [6.45, 7) is 2.53. The number of oxazole rings is 1. The van der Waals surface area contributed by atoms with Crippen LogP contribution in [0.4, 0.5) is 4.39 Å². The van der Waals surface area contributed by atoms with Crippen LogP contribution < -0.4 is 10.6 Å². The molecule has 1 aliphatic heterocycles. The van der Waals surface area contributed by atoms with Crippen LogP contribution in [0.5, 0.6) is 0 Å². The zero-order valence-corrected chi connectivity index (χ0v) is 13.3. The molecule has 1 unspecified atom stereocenters. The van der Waals surface area contributed by atoms with Crippen LogP contribution in [-0.4, -0.2) is 43.2 Å². The molecule has 7 heteroatoms. The molecule has 6 nitrogen and oxygen atoms in total. The number of rotatable bonds is 6. The molecule has 1 saturated heterocycles. The first kappa shape index (κ1) is 16.6. The lowest BCUT2D eigenvalue weighted by Crippen LogP contribution is -2.44. The third-order valence-electron chi connectivity index (χ3n) is 3.78. The summed E-state index contributed by atoms with van der Waals surface area (Å²) in [4.78, 5) is 16.2. The van der Waals surface area contributed by atoms with E-state index in [9.17, 15) is 9.18 Å². The number of halogens is 1. The Balaban J connectivity index is 1.43. The summed E-state index contributed by atoms with van der Waals surface area (Å²) in [5, 5.41) is 6.11. The van der Waals surface area contributed by atoms with Crippen molar-refractivity contribution in [3.8, 4) is 11.5 Å². The summed E-state index contributed by atoms with van der Waals surface area (Å²) in [7, 11) is 0. The van der Waals surface area contributed by atoms with Gasteiger partial charge in [-0.15, -0.1) is 0 Å². The molecule has 2 aromatic rings. The number of nitrogens with one attached hydrogen (secondary N) is 2. The number of carbonyl (C=O) groups excluding carboxylic acids is 1. The monoisotopic (exact) mass is 333 g/mol. The third kappa shape index (κ3) is 4.62. The highest BCUT2D eigenvalue weighted by atomic mass is 19.1. The van der Waals surface area contributed by atoms with Gasteiger partial charge >= 0.3 is 0 Å². The number of nitrogens with zero attached hydrogens (tertiary/aromatic N) is 1. The number of benzene rings is 1. The molecular formula is C17H20FN3O3. The predicted molar refractivity (Wildman–Crippen MR) is 85.8 cm³/mol. The Morgan fingerprint density at radius 1 is 1.38 bits per heavy atom. The predicted octanol–water partition coefficient (Wildman–Crippen LogP) is 1.52. The molecule has 3 rings (SSSR count). The van der Waals surface area contributed by atoms with Gasteiger partial charge in [0.05, 0.1) is 18.9 Å². The lowest BCUT2D eigenvalue weighted by molar-refractivity contribution is -0.122. The van der Waals surface area contributed by atoms with E-state index in [1.54, 1.807) is 18.4 Å². The quantitative estimate of drug-likeness (QED) is 0.838. The van der Waals surface area contributed by atoms with Gasteiger partial charge in [-0.05, 0) is 24.3 Å². The zero-order valence-electron chi connectivity index (χ0n) is 13.3. The Morgan fingerprint density at radius 3 is 2.96 bits per heavy atom. The molecule has 2 heterocycles. The number of morpholine rings is 1. The molecule has 0 saturated carbocycles. The van der Waals surface area contributed by atoms with E-state index in [0.29, 0.717) is 38.5 Å². The SMILES string of the molecule is O=C(CC1COCCN1)NCCc1coc(-c2ccc(F)cc2)n1. The number of carbonyl (C=O) groups is 1. The average molecular weight is 333 g/mol. The largest absolute Gasteiger partial charge is 0.444 e. The van der Waals surface area contributed by atoms with Gasteiger partial charge in [0.2, 0.25) is 11.8 Å². The molecule has 1 aromatic heterocycles. The highest BCUT2D eigenvalue weighted by molar-refractivity contribution is 5.76. The molecule has 128 valence electrons. The van der Waals surface area contributed by atoms with Crippen molar-refractivity contribution in [2.24, 2.45) is 0 Å². The van der Waals surface area contributed by atoms with Crippen LogP contribution in [0.3, 0.4) is 0 Å². The van der Waals surface area contributed by atoms with Crippen molar-refractivity contribution in [2.45, 2.75) is 18.9 Å². The van der Waals surface area contributed by atoms with E-state index in [0.717, 1.165) is 17.8 Å². The van der Waals surface area contributed by atoms with Gasteiger partial charge in [-0.2, -0.15) is 0 Å². The topological polar surface area (TPSA) is 76.4 Å². The van der Waals surface area contributed by atoms with E-state index in [2.05, 4.69) is 15.6 Å². The molecular weight excluding hydrogens is 313 g/mol. The minimum Gasteiger partial charge on any atom is -0.444 e. The van der Waals surface area contributed by atoms with Gasteiger partial charge < -0.3 is 19.8 Å². The van der Waals surface area contributed by atoms with Gasteiger partial charge in [0.25, 0.3) is 0 Å². The number of amides is 1. The first-order valence-corrected chi connectivity index (χ1v) is 7.99. The van der Waals surface area contributed by atoms with Crippen LogP contribution in [0.1, 0.15) is 12.1 Å². The van der Waals surface area contributed by atoms with Crippen LogP contribution in [0.15, 0.2) is 34.9 Å². The van der Waals surface area contributed by atoms with Crippen LogP contribution >= 0.6 is 0 Å². The minimum absolute atomic E-state index is 0.0137. The van der Waals surface area contributed by atoms with Crippen LogP contribution in [0, 0.1) is 5.82 Å². The van der Waals surface area contributed by atoms with Crippen molar-refractivity contribution in [3.63, 3.8) is 0 Å². The van der Waals surface area contributed by atoms with Crippen molar-refractivity contribution in [3.05, 3.63) is 42.0 Å². The second-order valence-electron chi connectivity index (χ2n) is 5.68. The Labute approximate surface area is 139 Å². The number of hydrogen-bond donors (Lipinski definition) is 2. The molecule has 1 atom stereocenters. The minimum atomic E-state index is -0.300. The molecule has 0 radical (unpaired) electrons. The second kappa shape index (κ2) is 8.03. The molecule has 0 spiro atoms. The normalized spacial score (nSPS) is 17.6. The molecule has 1 aliphatic rings. The zero-order chi connectivity index (χ0) is 16.8. The van der Waals surface area contributed by atoms with Crippen molar-refractivity contribution in [2.75, 3.05) is 26.3 Å². The maximum atomic E-state index is 12.9. The van der Waals surface area contributed by atoms with Crippen LogP contribution in [0.2, 0.25) is 0 Å². The lowest BCUT2D eigenvalue weighted by atomic mass is 10.2. The van der Waals surface area contributed by atoms with E-state index >= 15 is 0 Å². The Kier molecular flexibility index (Phi) is 5.55. The summed E-state index contributed by atoms with van der Waals surface area (Å²) in [6.07, 6.45) is 2.53. The molecule has 24 heavy (non-hydrogen) atoms. The number of ether oxygens (including phenoxy) is 1. The van der Waals surface area contributed by atoms with E-state index in [-0.39, 0.29) is 17.8 Å². The van der Waals surface area contributed by atoms with E-state index in [1.807, 2.05) is 0 Å². The van der Waals surface area contributed by atoms with Gasteiger partial charge in [-0.3, -0.25) is 4.79 Å². The summed E-state index contributed by atoms with van der Waals surface area (Å²) in [6, 6.07) is 6.04. The van der Waals surface area contributed by atoms with Gasteiger partial charge in [-0.1, -0.05) is 0 Å². The van der Waals surface area contributed by atoms with Gasteiger partial charge in [0.1, 0.15) is 12.1 Å². The van der Waals surface area contributed by atoms with Gasteiger partial charge in [0, 0.05) is 37.5 Å². The number of aromatic nitrogens is 1. The summed E-state index contributed by atoms with van der Waals surface area (Å²) < 4.78 is 23.6. The molecule has 1 fully saturated rings. The van der Waals surface area contributed by atoms with Crippen molar-refractivity contribution in [1.29, 1.82) is 0 Å². The lowest BCUT2D eigenvalue weighted by Gasteiger charge is -2.23. The number of hydrogen-bond acceptors (Lipinski definition) is 5. The Bertz CT molecular complexity index is 666. The molecule has 0 aliphatic carbocycles. The smallest absolute Gasteiger partial charge is 0.226 e. The van der Waals surface area contributed by atoms with E-state index in [1.165, 1.54) is 12.1 Å². The summed E-state index contributed by atoms with van der Waals surface area (Å²) >= 11 is 0. The Hall–Kier alpha value is -2.25. The highest BCUT2D eigenvalue weighted by Crippen LogP contribution is 2.18. The molecule has 0 bridgehead atoms. The van der Waals surface area contributed by atoms with Gasteiger partial charge in [0.15, 0.2) is 0 Å². The van der Waals surface area contributed by atoms with E-state index < -0.39 is 0 Å².